The number of hydrogen-bond acceptors (Lipinski definition) is 5. The standard InChI is InChI=1S/C70H133NO5/c1-3-5-7-9-11-13-15-16-17-18-19-20-24-27-30-33-36-39-43-46-50-54-58-62-68(73)67(66-72)71-69(74)63-59-55-51-47-44-40-37-34-31-28-25-22-21-23-26-29-32-35-38-41-45-49-53-57-61-65-76-70(75)64-60-56-52-48-42-14-12-10-8-6-4-2/h10,12,22-23,25-26,67-68,72-73H,3-9,11,13-21,24,27-66H2,1-2H3,(H,71,74)/b12-10-,25-22-,26-23-. The van der Waals surface area contributed by atoms with Crippen LogP contribution in [0.1, 0.15) is 373 Å². The molecule has 2 atom stereocenters. The van der Waals surface area contributed by atoms with Crippen LogP contribution in [0, 0.1) is 0 Å². The van der Waals surface area contributed by atoms with Crippen molar-refractivity contribution in [3.63, 3.8) is 0 Å². The van der Waals surface area contributed by atoms with Crippen molar-refractivity contribution in [2.24, 2.45) is 0 Å². The lowest BCUT2D eigenvalue weighted by atomic mass is 10.0. The second kappa shape index (κ2) is 65.6. The summed E-state index contributed by atoms with van der Waals surface area (Å²) >= 11 is 0. The molecule has 0 aromatic heterocycles. The van der Waals surface area contributed by atoms with E-state index in [4.69, 9.17) is 4.74 Å². The molecule has 3 N–H and O–H groups in total. The lowest BCUT2D eigenvalue weighted by Crippen LogP contribution is -2.45. The minimum Gasteiger partial charge on any atom is -0.466 e. The largest absolute Gasteiger partial charge is 0.466 e. The molecule has 1 amide bonds. The number of esters is 1. The number of carbonyl (C=O) groups is 2. The fourth-order valence-electron chi connectivity index (χ4n) is 10.7. The van der Waals surface area contributed by atoms with E-state index in [0.29, 0.717) is 25.9 Å². The molecular formula is C70H133NO5. The Kier molecular flexibility index (Phi) is 63.9. The third-order valence-electron chi connectivity index (χ3n) is 15.9. The summed E-state index contributed by atoms with van der Waals surface area (Å²) in [5, 5.41) is 23.4. The number of unbranched alkanes of at least 4 members (excludes halogenated alkanes) is 47. The van der Waals surface area contributed by atoms with E-state index in [9.17, 15) is 19.8 Å². The number of hydrogen-bond donors (Lipinski definition) is 3. The van der Waals surface area contributed by atoms with Gasteiger partial charge in [0, 0.05) is 12.8 Å². The monoisotopic (exact) mass is 1070 g/mol. The normalized spacial score (nSPS) is 12.7. The molecule has 0 aliphatic rings. The molecule has 0 bridgehead atoms. The zero-order valence-corrected chi connectivity index (χ0v) is 51.3. The Morgan fingerprint density at radius 3 is 1.05 bits per heavy atom. The minimum atomic E-state index is -0.670. The zero-order chi connectivity index (χ0) is 55.0. The Hall–Kier alpha value is -1.92. The maximum Gasteiger partial charge on any atom is 0.305 e. The molecule has 6 nitrogen and oxygen atoms in total. The molecular weight excluding hydrogens is 935 g/mol. The van der Waals surface area contributed by atoms with E-state index in [1.165, 1.54) is 289 Å². The van der Waals surface area contributed by atoms with E-state index in [1.807, 2.05) is 0 Å². The van der Waals surface area contributed by atoms with E-state index in [1.54, 1.807) is 0 Å². The molecule has 0 aromatic rings. The first-order chi connectivity index (χ1) is 37.5. The molecule has 448 valence electrons. The van der Waals surface area contributed by atoms with Crippen LogP contribution < -0.4 is 5.32 Å². The topological polar surface area (TPSA) is 95.9 Å². The van der Waals surface area contributed by atoms with Crippen molar-refractivity contribution in [1.82, 2.24) is 5.32 Å². The molecule has 0 heterocycles. The van der Waals surface area contributed by atoms with Crippen molar-refractivity contribution in [3.8, 4) is 0 Å². The molecule has 0 radical (unpaired) electrons. The van der Waals surface area contributed by atoms with Crippen LogP contribution >= 0.6 is 0 Å². The number of carbonyl (C=O) groups excluding carboxylic acids is 2. The van der Waals surface area contributed by atoms with Gasteiger partial charge in [-0.15, -0.1) is 0 Å². The van der Waals surface area contributed by atoms with Gasteiger partial charge in [0.25, 0.3) is 0 Å². The van der Waals surface area contributed by atoms with Gasteiger partial charge in [0.1, 0.15) is 0 Å². The Labute approximate surface area is 474 Å². The Morgan fingerprint density at radius 2 is 0.671 bits per heavy atom. The Morgan fingerprint density at radius 1 is 0.368 bits per heavy atom. The molecule has 0 spiro atoms. The van der Waals surface area contributed by atoms with Crippen LogP contribution in [0.25, 0.3) is 0 Å². The SMILES string of the molecule is CCCC/C=C\CCCCCCCC(=O)OCCCCCCCCCCC/C=C\C/C=C\CCCCCCCCCCCC(=O)NC(CO)C(O)CCCCCCCCCCCCCCCCCCCCCCCCC. The summed E-state index contributed by atoms with van der Waals surface area (Å²) in [7, 11) is 0. The number of rotatable bonds is 64. The van der Waals surface area contributed by atoms with Gasteiger partial charge in [0.05, 0.1) is 25.4 Å². The first-order valence-electron chi connectivity index (χ1n) is 34.2. The number of aliphatic hydroxyl groups excluding tert-OH is 2. The first-order valence-corrected chi connectivity index (χ1v) is 34.2. The predicted molar refractivity (Wildman–Crippen MR) is 333 cm³/mol. The average molecular weight is 1070 g/mol. The summed E-state index contributed by atoms with van der Waals surface area (Å²) in [6.07, 6.45) is 83.2. The van der Waals surface area contributed by atoms with Crippen molar-refractivity contribution < 1.29 is 24.5 Å². The number of allylic oxidation sites excluding steroid dienone is 6. The van der Waals surface area contributed by atoms with Gasteiger partial charge >= 0.3 is 5.97 Å². The Balaban J connectivity index is 3.44. The van der Waals surface area contributed by atoms with Crippen LogP contribution in [0.3, 0.4) is 0 Å². The molecule has 2 unspecified atom stereocenters. The van der Waals surface area contributed by atoms with Crippen molar-refractivity contribution in [2.75, 3.05) is 13.2 Å². The first kappa shape index (κ1) is 74.1. The van der Waals surface area contributed by atoms with E-state index in [2.05, 4.69) is 55.6 Å². The van der Waals surface area contributed by atoms with E-state index in [0.717, 1.165) is 51.4 Å². The highest BCUT2D eigenvalue weighted by molar-refractivity contribution is 5.76. The van der Waals surface area contributed by atoms with Gasteiger partial charge in [0.15, 0.2) is 0 Å². The highest BCUT2D eigenvalue weighted by Gasteiger charge is 2.20. The third kappa shape index (κ3) is 61.3. The van der Waals surface area contributed by atoms with Gasteiger partial charge in [-0.1, -0.05) is 320 Å². The second-order valence-electron chi connectivity index (χ2n) is 23.5. The number of aliphatic hydroxyl groups is 2. The van der Waals surface area contributed by atoms with Crippen molar-refractivity contribution in [2.45, 2.75) is 386 Å². The van der Waals surface area contributed by atoms with Crippen LogP contribution in [-0.2, 0) is 14.3 Å². The third-order valence-corrected chi connectivity index (χ3v) is 15.9. The highest BCUT2D eigenvalue weighted by Crippen LogP contribution is 2.18. The molecule has 0 rings (SSSR count). The summed E-state index contributed by atoms with van der Waals surface area (Å²) in [5.41, 5.74) is 0. The van der Waals surface area contributed by atoms with Gasteiger partial charge in [-0.3, -0.25) is 9.59 Å². The molecule has 0 aliphatic carbocycles. The fourth-order valence-corrected chi connectivity index (χ4v) is 10.7. The van der Waals surface area contributed by atoms with Gasteiger partial charge in [-0.25, -0.2) is 0 Å². The zero-order valence-electron chi connectivity index (χ0n) is 51.3. The summed E-state index contributed by atoms with van der Waals surface area (Å²) in [6.45, 7) is 4.94. The van der Waals surface area contributed by atoms with Gasteiger partial charge < -0.3 is 20.3 Å². The fraction of sp³-hybridized carbons (Fsp3) is 0.886. The minimum absolute atomic E-state index is 0.00175. The van der Waals surface area contributed by atoms with Gasteiger partial charge in [-0.05, 0) is 77.0 Å². The van der Waals surface area contributed by atoms with E-state index >= 15 is 0 Å². The lowest BCUT2D eigenvalue weighted by molar-refractivity contribution is -0.143. The van der Waals surface area contributed by atoms with Gasteiger partial charge in [0.2, 0.25) is 5.91 Å². The van der Waals surface area contributed by atoms with E-state index in [-0.39, 0.29) is 18.5 Å². The van der Waals surface area contributed by atoms with Crippen LogP contribution in [0.15, 0.2) is 36.5 Å². The van der Waals surface area contributed by atoms with Crippen molar-refractivity contribution in [1.29, 1.82) is 0 Å². The second-order valence-corrected chi connectivity index (χ2v) is 23.5. The van der Waals surface area contributed by atoms with Crippen LogP contribution in [0.4, 0.5) is 0 Å². The van der Waals surface area contributed by atoms with Gasteiger partial charge in [-0.2, -0.15) is 0 Å². The highest BCUT2D eigenvalue weighted by atomic mass is 16.5. The summed E-state index contributed by atoms with van der Waals surface area (Å²) in [5.74, 6) is -0.0391. The maximum absolute atomic E-state index is 12.5. The number of amides is 1. The van der Waals surface area contributed by atoms with Crippen molar-refractivity contribution in [3.05, 3.63) is 36.5 Å². The number of nitrogens with one attached hydrogen (secondary N) is 1. The summed E-state index contributed by atoms with van der Waals surface area (Å²) < 4.78 is 5.46. The molecule has 76 heavy (non-hydrogen) atoms. The molecule has 0 aliphatic heterocycles. The molecule has 6 heteroatoms. The molecule has 0 saturated carbocycles. The quantitative estimate of drug-likeness (QED) is 0.0320. The van der Waals surface area contributed by atoms with Crippen LogP contribution in [0.2, 0.25) is 0 Å². The van der Waals surface area contributed by atoms with Crippen molar-refractivity contribution >= 4 is 11.9 Å². The maximum atomic E-state index is 12.5. The lowest BCUT2D eigenvalue weighted by Gasteiger charge is -2.22. The molecule has 0 aromatic carbocycles. The predicted octanol–water partition coefficient (Wildman–Crippen LogP) is 21.9. The summed E-state index contributed by atoms with van der Waals surface area (Å²) in [4.78, 5) is 24.5. The Bertz CT molecular complexity index is 1230. The summed E-state index contributed by atoms with van der Waals surface area (Å²) in [6, 6.07) is -0.548. The molecule has 0 saturated heterocycles. The average Bonchev–Trinajstić information content (AvgIpc) is 3.42. The molecule has 0 fully saturated rings. The number of ether oxygens (including phenoxy) is 1. The van der Waals surface area contributed by atoms with Crippen LogP contribution in [-0.4, -0.2) is 47.4 Å². The smallest absolute Gasteiger partial charge is 0.305 e. The van der Waals surface area contributed by atoms with E-state index < -0.39 is 12.1 Å². The van der Waals surface area contributed by atoms with Crippen LogP contribution in [0.5, 0.6) is 0 Å².